The average Bonchev–Trinajstić information content (AvgIpc) is 2.99. The zero-order valence-electron chi connectivity index (χ0n) is 9.64. The van der Waals surface area contributed by atoms with Gasteiger partial charge < -0.3 is 10.1 Å². The van der Waals surface area contributed by atoms with E-state index in [0.29, 0.717) is 0 Å². The maximum absolute atomic E-state index is 5.49. The SMILES string of the molecule is CC(Nc1ccc2c(c1)CCO2)c1nccs1. The van der Waals surface area contributed by atoms with E-state index in [1.165, 1.54) is 5.56 Å². The molecule has 0 bridgehead atoms. The molecule has 3 nitrogen and oxygen atoms in total. The first-order chi connectivity index (χ1) is 8.33. The summed E-state index contributed by atoms with van der Waals surface area (Å²) in [5, 5.41) is 6.58. The van der Waals surface area contributed by atoms with Gasteiger partial charge in [0.15, 0.2) is 0 Å². The number of rotatable bonds is 3. The van der Waals surface area contributed by atoms with E-state index in [1.54, 1.807) is 11.3 Å². The minimum Gasteiger partial charge on any atom is -0.493 e. The summed E-state index contributed by atoms with van der Waals surface area (Å²) in [6.07, 6.45) is 2.85. The molecule has 0 radical (unpaired) electrons. The Labute approximate surface area is 104 Å². The van der Waals surface area contributed by atoms with E-state index in [-0.39, 0.29) is 6.04 Å². The van der Waals surface area contributed by atoms with E-state index in [9.17, 15) is 0 Å². The molecule has 88 valence electrons. The van der Waals surface area contributed by atoms with Gasteiger partial charge in [-0.25, -0.2) is 4.98 Å². The van der Waals surface area contributed by atoms with Crippen molar-refractivity contribution in [1.29, 1.82) is 0 Å². The highest BCUT2D eigenvalue weighted by molar-refractivity contribution is 7.09. The third-order valence-corrected chi connectivity index (χ3v) is 3.85. The Morgan fingerprint density at radius 3 is 3.24 bits per heavy atom. The lowest BCUT2D eigenvalue weighted by Crippen LogP contribution is -2.06. The number of nitrogens with zero attached hydrogens (tertiary/aromatic N) is 1. The van der Waals surface area contributed by atoms with Crippen LogP contribution in [0.5, 0.6) is 5.75 Å². The fourth-order valence-electron chi connectivity index (χ4n) is 2.04. The van der Waals surface area contributed by atoms with Crippen molar-refractivity contribution < 1.29 is 4.74 Å². The first-order valence-corrected chi connectivity index (χ1v) is 6.62. The van der Waals surface area contributed by atoms with Crippen molar-refractivity contribution in [2.24, 2.45) is 0 Å². The van der Waals surface area contributed by atoms with Gasteiger partial charge in [-0.3, -0.25) is 0 Å². The zero-order chi connectivity index (χ0) is 11.7. The van der Waals surface area contributed by atoms with Gasteiger partial charge in [0, 0.05) is 23.7 Å². The van der Waals surface area contributed by atoms with Crippen LogP contribution < -0.4 is 10.1 Å². The number of hydrogen-bond donors (Lipinski definition) is 1. The highest BCUT2D eigenvalue weighted by Gasteiger charge is 2.13. The van der Waals surface area contributed by atoms with Crippen LogP contribution in [-0.4, -0.2) is 11.6 Å². The molecule has 1 aromatic heterocycles. The normalized spacial score (nSPS) is 15.1. The van der Waals surface area contributed by atoms with Gasteiger partial charge in [0.1, 0.15) is 10.8 Å². The van der Waals surface area contributed by atoms with Gasteiger partial charge in [-0.2, -0.15) is 0 Å². The second kappa shape index (κ2) is 4.37. The van der Waals surface area contributed by atoms with Crippen LogP contribution in [0, 0.1) is 0 Å². The first-order valence-electron chi connectivity index (χ1n) is 5.74. The molecule has 0 fully saturated rings. The lowest BCUT2D eigenvalue weighted by Gasteiger charge is -2.13. The van der Waals surface area contributed by atoms with Crippen LogP contribution in [-0.2, 0) is 6.42 Å². The fourth-order valence-corrected chi connectivity index (χ4v) is 2.68. The summed E-state index contributed by atoms with van der Waals surface area (Å²) in [5.41, 5.74) is 2.43. The Hall–Kier alpha value is -1.55. The second-order valence-corrected chi connectivity index (χ2v) is 5.08. The summed E-state index contributed by atoms with van der Waals surface area (Å²) >= 11 is 1.68. The quantitative estimate of drug-likeness (QED) is 0.902. The van der Waals surface area contributed by atoms with Gasteiger partial charge in [0.2, 0.25) is 0 Å². The van der Waals surface area contributed by atoms with Crippen molar-refractivity contribution >= 4 is 17.0 Å². The van der Waals surface area contributed by atoms with Crippen LogP contribution in [0.3, 0.4) is 0 Å². The standard InChI is InChI=1S/C13H14N2OS/c1-9(13-14-5-7-17-13)15-11-2-3-12-10(8-11)4-6-16-12/h2-3,5,7-9,15H,4,6H2,1H3. The third kappa shape index (κ3) is 2.13. The van der Waals surface area contributed by atoms with Crippen molar-refractivity contribution in [3.8, 4) is 5.75 Å². The van der Waals surface area contributed by atoms with Gasteiger partial charge in [0.05, 0.1) is 12.6 Å². The molecule has 1 unspecified atom stereocenters. The Bertz CT molecular complexity index is 510. The molecule has 0 saturated carbocycles. The van der Waals surface area contributed by atoms with E-state index < -0.39 is 0 Å². The predicted octanol–water partition coefficient (Wildman–Crippen LogP) is 3.25. The average molecular weight is 246 g/mol. The lowest BCUT2D eigenvalue weighted by atomic mass is 10.1. The third-order valence-electron chi connectivity index (χ3n) is 2.89. The van der Waals surface area contributed by atoms with Crippen molar-refractivity contribution in [3.63, 3.8) is 0 Å². The Morgan fingerprint density at radius 2 is 2.41 bits per heavy atom. The van der Waals surface area contributed by atoms with Crippen molar-refractivity contribution in [3.05, 3.63) is 40.3 Å². The molecule has 1 aliphatic heterocycles. The summed E-state index contributed by atoms with van der Waals surface area (Å²) < 4.78 is 5.49. The van der Waals surface area contributed by atoms with Crippen LogP contribution in [0.25, 0.3) is 0 Å². The number of hydrogen-bond acceptors (Lipinski definition) is 4. The second-order valence-electron chi connectivity index (χ2n) is 4.16. The van der Waals surface area contributed by atoms with Crippen molar-refractivity contribution in [1.82, 2.24) is 4.98 Å². The first kappa shape index (κ1) is 10.6. The Balaban J connectivity index is 1.77. The lowest BCUT2D eigenvalue weighted by molar-refractivity contribution is 0.357. The van der Waals surface area contributed by atoms with E-state index >= 15 is 0 Å². The molecule has 1 N–H and O–H groups in total. The zero-order valence-corrected chi connectivity index (χ0v) is 10.5. The van der Waals surface area contributed by atoms with Crippen molar-refractivity contribution in [2.75, 3.05) is 11.9 Å². The molecule has 1 aliphatic rings. The number of benzene rings is 1. The molecule has 0 spiro atoms. The monoisotopic (exact) mass is 246 g/mol. The number of nitrogens with one attached hydrogen (secondary N) is 1. The topological polar surface area (TPSA) is 34.1 Å². The van der Waals surface area contributed by atoms with E-state index in [1.807, 2.05) is 17.6 Å². The molecule has 4 heteroatoms. The van der Waals surface area contributed by atoms with E-state index in [4.69, 9.17) is 4.74 Å². The van der Waals surface area contributed by atoms with Gasteiger partial charge in [-0.05, 0) is 30.7 Å². The highest BCUT2D eigenvalue weighted by Crippen LogP contribution is 2.29. The van der Waals surface area contributed by atoms with E-state index in [2.05, 4.69) is 29.4 Å². The Morgan fingerprint density at radius 1 is 1.47 bits per heavy atom. The van der Waals surface area contributed by atoms with Crippen molar-refractivity contribution in [2.45, 2.75) is 19.4 Å². The molecule has 0 aliphatic carbocycles. The number of aromatic nitrogens is 1. The summed E-state index contributed by atoms with van der Waals surface area (Å²) in [7, 11) is 0. The van der Waals surface area contributed by atoms with Crippen LogP contribution in [0.15, 0.2) is 29.8 Å². The number of ether oxygens (including phenoxy) is 1. The number of fused-ring (bicyclic) bond motifs is 1. The molecular weight excluding hydrogens is 232 g/mol. The van der Waals surface area contributed by atoms with Gasteiger partial charge in [0.25, 0.3) is 0 Å². The molecule has 3 rings (SSSR count). The Kier molecular flexibility index (Phi) is 2.73. The maximum Gasteiger partial charge on any atom is 0.122 e. The molecule has 2 heterocycles. The van der Waals surface area contributed by atoms with Crippen LogP contribution in [0.1, 0.15) is 23.5 Å². The van der Waals surface area contributed by atoms with Gasteiger partial charge >= 0.3 is 0 Å². The number of anilines is 1. The number of thiazole rings is 1. The van der Waals surface area contributed by atoms with Crippen LogP contribution in [0.4, 0.5) is 5.69 Å². The predicted molar refractivity (Wildman–Crippen MR) is 69.8 cm³/mol. The smallest absolute Gasteiger partial charge is 0.122 e. The van der Waals surface area contributed by atoms with Gasteiger partial charge in [-0.1, -0.05) is 0 Å². The largest absolute Gasteiger partial charge is 0.493 e. The van der Waals surface area contributed by atoms with E-state index in [0.717, 1.165) is 29.5 Å². The highest BCUT2D eigenvalue weighted by atomic mass is 32.1. The molecular formula is C13H14N2OS. The molecule has 17 heavy (non-hydrogen) atoms. The van der Waals surface area contributed by atoms with Crippen LogP contribution in [0.2, 0.25) is 0 Å². The molecule has 1 atom stereocenters. The summed E-state index contributed by atoms with van der Waals surface area (Å²) in [5.74, 6) is 1.03. The molecule has 0 amide bonds. The summed E-state index contributed by atoms with van der Waals surface area (Å²) in [6, 6.07) is 6.52. The fraction of sp³-hybridized carbons (Fsp3) is 0.308. The minimum absolute atomic E-state index is 0.246. The maximum atomic E-state index is 5.49. The molecule has 2 aromatic rings. The van der Waals surface area contributed by atoms with Gasteiger partial charge in [-0.15, -0.1) is 11.3 Å². The molecule has 0 saturated heterocycles. The summed E-state index contributed by atoms with van der Waals surface area (Å²) in [6.45, 7) is 2.93. The van der Waals surface area contributed by atoms with Crippen LogP contribution >= 0.6 is 11.3 Å². The summed E-state index contributed by atoms with van der Waals surface area (Å²) in [4.78, 5) is 4.32. The molecule has 1 aromatic carbocycles. The minimum atomic E-state index is 0.246.